The van der Waals surface area contributed by atoms with Crippen LogP contribution in [0, 0.1) is 0 Å². The van der Waals surface area contributed by atoms with Gasteiger partial charge in [-0.2, -0.15) is 0 Å². The van der Waals surface area contributed by atoms with E-state index in [1.165, 1.54) is 31.2 Å². The number of carboxylic acids is 1. The highest BCUT2D eigenvalue weighted by atomic mass is 35.5. The number of hydrogen-bond donors (Lipinski definition) is 2. The zero-order chi connectivity index (χ0) is 18.4. The fourth-order valence-electron chi connectivity index (χ4n) is 2.06. The summed E-state index contributed by atoms with van der Waals surface area (Å²) in [4.78, 5) is 11.6. The Hall–Kier alpha value is -1.95. The van der Waals surface area contributed by atoms with Crippen molar-refractivity contribution in [2.75, 3.05) is 6.61 Å². The van der Waals surface area contributed by atoms with Crippen molar-refractivity contribution in [2.24, 2.45) is 0 Å². The predicted molar refractivity (Wildman–Crippen MR) is 95.5 cm³/mol. The first-order valence-electron chi connectivity index (χ1n) is 7.53. The third kappa shape index (κ3) is 5.53. The molecule has 5 nitrogen and oxygen atoms in total. The fourth-order valence-corrected chi connectivity index (χ4v) is 2.38. The van der Waals surface area contributed by atoms with Crippen LogP contribution in [0.1, 0.15) is 18.9 Å². The highest BCUT2D eigenvalue weighted by Crippen LogP contribution is 2.25. The Balaban J connectivity index is 1.91. The molecule has 0 aliphatic rings. The molecule has 0 aliphatic carbocycles. The molecule has 1 atom stereocenters. The molecule has 0 bridgehead atoms. The molecule has 2 aromatic rings. The summed E-state index contributed by atoms with van der Waals surface area (Å²) in [5, 5.41) is 19.6. The van der Waals surface area contributed by atoms with Gasteiger partial charge in [-0.1, -0.05) is 29.3 Å². The van der Waals surface area contributed by atoms with Gasteiger partial charge in [0.2, 0.25) is 5.60 Å². The molecule has 2 N–H and O–H groups in total. The van der Waals surface area contributed by atoms with Crippen LogP contribution < -0.4 is 4.74 Å². The van der Waals surface area contributed by atoms with Crippen LogP contribution in [0.5, 0.6) is 11.5 Å². The monoisotopic (exact) mass is 384 g/mol. The van der Waals surface area contributed by atoms with E-state index in [1.54, 1.807) is 18.2 Å². The summed E-state index contributed by atoms with van der Waals surface area (Å²) in [5.41, 5.74) is -0.611. The van der Waals surface area contributed by atoms with E-state index in [1.807, 2.05) is 0 Å². The largest absolute Gasteiger partial charge is 0.508 e. The van der Waals surface area contributed by atoms with Gasteiger partial charge in [-0.05, 0) is 48.9 Å². The Morgan fingerprint density at radius 1 is 1.12 bits per heavy atom. The van der Waals surface area contributed by atoms with Gasteiger partial charge in [0.05, 0.1) is 23.3 Å². The normalized spacial score (nSPS) is 13.2. The van der Waals surface area contributed by atoms with E-state index in [2.05, 4.69) is 0 Å². The standard InChI is InChI=1S/C18H18Cl2O5/c1-18(17(22)23,25-14-5-3-13(21)4-6-14)8-9-24-11-12-2-7-15(19)16(20)10-12/h2-7,10,21H,8-9,11H2,1H3,(H,22,23). The minimum Gasteiger partial charge on any atom is -0.508 e. The number of halogens is 2. The Kier molecular flexibility index (Phi) is 6.53. The molecule has 0 amide bonds. The van der Waals surface area contributed by atoms with E-state index in [0.717, 1.165) is 5.56 Å². The van der Waals surface area contributed by atoms with Gasteiger partial charge in [0.25, 0.3) is 0 Å². The summed E-state index contributed by atoms with van der Waals surface area (Å²) < 4.78 is 11.1. The Labute approximate surface area is 155 Å². The lowest BCUT2D eigenvalue weighted by Gasteiger charge is -2.26. The number of carbonyl (C=O) groups is 1. The molecular formula is C18H18Cl2O5. The number of ether oxygens (including phenoxy) is 2. The smallest absolute Gasteiger partial charge is 0.347 e. The van der Waals surface area contributed by atoms with Crippen LogP contribution in [-0.2, 0) is 16.1 Å². The molecule has 0 fully saturated rings. The Morgan fingerprint density at radius 3 is 2.40 bits per heavy atom. The van der Waals surface area contributed by atoms with Crippen molar-refractivity contribution >= 4 is 29.2 Å². The summed E-state index contributed by atoms with van der Waals surface area (Å²) in [7, 11) is 0. The highest BCUT2D eigenvalue weighted by molar-refractivity contribution is 6.42. The lowest BCUT2D eigenvalue weighted by Crippen LogP contribution is -2.42. The zero-order valence-corrected chi connectivity index (χ0v) is 15.0. The molecule has 0 saturated heterocycles. The molecule has 25 heavy (non-hydrogen) atoms. The lowest BCUT2D eigenvalue weighted by atomic mass is 10.0. The quantitative estimate of drug-likeness (QED) is 0.653. The van der Waals surface area contributed by atoms with E-state index < -0.39 is 11.6 Å². The topological polar surface area (TPSA) is 76.0 Å². The van der Waals surface area contributed by atoms with E-state index in [-0.39, 0.29) is 25.4 Å². The summed E-state index contributed by atoms with van der Waals surface area (Å²) >= 11 is 11.8. The van der Waals surface area contributed by atoms with Gasteiger partial charge < -0.3 is 19.7 Å². The van der Waals surface area contributed by atoms with Gasteiger partial charge in [0.15, 0.2) is 0 Å². The summed E-state index contributed by atoms with van der Waals surface area (Å²) in [5.74, 6) is -0.666. The molecular weight excluding hydrogens is 367 g/mol. The first-order chi connectivity index (χ1) is 11.8. The summed E-state index contributed by atoms with van der Waals surface area (Å²) in [6, 6.07) is 11.0. The Bertz CT molecular complexity index is 733. The first-order valence-corrected chi connectivity index (χ1v) is 8.29. The van der Waals surface area contributed by atoms with Gasteiger partial charge >= 0.3 is 5.97 Å². The molecule has 0 heterocycles. The van der Waals surface area contributed by atoms with E-state index >= 15 is 0 Å². The molecule has 2 aromatic carbocycles. The highest BCUT2D eigenvalue weighted by Gasteiger charge is 2.35. The average molecular weight is 385 g/mol. The second-order valence-electron chi connectivity index (χ2n) is 5.68. The predicted octanol–water partition coefficient (Wildman–Crippen LogP) is 4.53. The minimum absolute atomic E-state index is 0.0781. The van der Waals surface area contributed by atoms with Gasteiger partial charge in [-0.15, -0.1) is 0 Å². The van der Waals surface area contributed by atoms with Gasteiger partial charge in [-0.3, -0.25) is 0 Å². The lowest BCUT2D eigenvalue weighted by molar-refractivity contribution is -0.155. The van der Waals surface area contributed by atoms with Crippen LogP contribution in [0.15, 0.2) is 42.5 Å². The Morgan fingerprint density at radius 2 is 1.80 bits per heavy atom. The van der Waals surface area contributed by atoms with Crippen molar-refractivity contribution in [1.29, 1.82) is 0 Å². The molecule has 7 heteroatoms. The second-order valence-corrected chi connectivity index (χ2v) is 6.50. The van der Waals surface area contributed by atoms with Crippen LogP contribution in [0.2, 0.25) is 10.0 Å². The van der Waals surface area contributed by atoms with E-state index in [0.29, 0.717) is 15.8 Å². The maximum Gasteiger partial charge on any atom is 0.347 e. The number of carboxylic acid groups (broad SMARTS) is 1. The molecule has 2 rings (SSSR count). The van der Waals surface area contributed by atoms with Crippen LogP contribution in [-0.4, -0.2) is 28.4 Å². The van der Waals surface area contributed by atoms with Crippen molar-refractivity contribution in [3.63, 3.8) is 0 Å². The minimum atomic E-state index is -1.45. The number of phenols is 1. The van der Waals surface area contributed by atoms with Crippen molar-refractivity contribution in [2.45, 2.75) is 25.6 Å². The van der Waals surface area contributed by atoms with Crippen molar-refractivity contribution < 1.29 is 24.5 Å². The van der Waals surface area contributed by atoms with Gasteiger partial charge in [0.1, 0.15) is 11.5 Å². The molecule has 0 aromatic heterocycles. The fraction of sp³-hybridized carbons (Fsp3) is 0.278. The molecule has 0 radical (unpaired) electrons. The molecule has 134 valence electrons. The number of phenolic OH excluding ortho intramolecular Hbond substituents is 1. The van der Waals surface area contributed by atoms with Crippen molar-refractivity contribution in [1.82, 2.24) is 0 Å². The van der Waals surface area contributed by atoms with Crippen LogP contribution >= 0.6 is 23.2 Å². The summed E-state index contributed by atoms with van der Waals surface area (Å²) in [6.45, 7) is 1.94. The van der Waals surface area contributed by atoms with Crippen molar-refractivity contribution in [3.05, 3.63) is 58.1 Å². The number of aliphatic carboxylic acids is 1. The summed E-state index contributed by atoms with van der Waals surface area (Å²) in [6.07, 6.45) is 0.143. The van der Waals surface area contributed by atoms with Crippen LogP contribution in [0.25, 0.3) is 0 Å². The molecule has 0 saturated carbocycles. The molecule has 0 aliphatic heterocycles. The number of rotatable bonds is 8. The van der Waals surface area contributed by atoms with Crippen LogP contribution in [0.3, 0.4) is 0 Å². The average Bonchev–Trinajstić information content (AvgIpc) is 2.57. The third-order valence-electron chi connectivity index (χ3n) is 3.61. The number of hydrogen-bond acceptors (Lipinski definition) is 4. The van der Waals surface area contributed by atoms with E-state index in [4.69, 9.17) is 32.7 Å². The third-order valence-corrected chi connectivity index (χ3v) is 4.35. The second kappa shape index (κ2) is 8.43. The maximum atomic E-state index is 11.6. The number of benzene rings is 2. The van der Waals surface area contributed by atoms with Gasteiger partial charge in [-0.25, -0.2) is 4.79 Å². The van der Waals surface area contributed by atoms with Crippen LogP contribution in [0.4, 0.5) is 0 Å². The van der Waals surface area contributed by atoms with E-state index in [9.17, 15) is 15.0 Å². The first kappa shape index (κ1) is 19.4. The van der Waals surface area contributed by atoms with Crippen molar-refractivity contribution in [3.8, 4) is 11.5 Å². The van der Waals surface area contributed by atoms with Gasteiger partial charge in [0, 0.05) is 6.42 Å². The maximum absolute atomic E-state index is 11.6. The SMILES string of the molecule is CC(CCOCc1ccc(Cl)c(Cl)c1)(Oc1ccc(O)cc1)C(=O)O. The number of aromatic hydroxyl groups is 1. The molecule has 1 unspecified atom stereocenters. The molecule has 0 spiro atoms. The zero-order valence-electron chi connectivity index (χ0n) is 13.5.